The van der Waals surface area contributed by atoms with Crippen molar-refractivity contribution in [3.8, 4) is 11.4 Å². The molecule has 2 amide bonds. The lowest BCUT2D eigenvalue weighted by Crippen LogP contribution is -2.42. The third-order valence-electron chi connectivity index (χ3n) is 3.62. The molecule has 0 saturated heterocycles. The summed E-state index contributed by atoms with van der Waals surface area (Å²) in [6, 6.07) is 10.5. The average Bonchev–Trinajstić information content (AvgIpc) is 3.36. The average molecular weight is 417 g/mol. The normalized spacial score (nSPS) is 10.5. The van der Waals surface area contributed by atoms with Crippen LogP contribution in [0.5, 0.6) is 0 Å². The van der Waals surface area contributed by atoms with Crippen molar-refractivity contribution in [2.45, 2.75) is 11.7 Å². The van der Waals surface area contributed by atoms with Gasteiger partial charge in [-0.25, -0.2) is 0 Å². The van der Waals surface area contributed by atoms with E-state index in [1.54, 1.807) is 36.5 Å². The van der Waals surface area contributed by atoms with Crippen molar-refractivity contribution in [3.05, 3.63) is 66.0 Å². The second kappa shape index (κ2) is 9.25. The van der Waals surface area contributed by atoms with Crippen LogP contribution in [-0.2, 0) is 11.3 Å². The summed E-state index contributed by atoms with van der Waals surface area (Å²) in [4.78, 5) is 26.6. The van der Waals surface area contributed by atoms with Crippen molar-refractivity contribution < 1.29 is 9.59 Å². The summed E-state index contributed by atoms with van der Waals surface area (Å²) in [6.45, 7) is 4.24. The lowest BCUT2D eigenvalue weighted by molar-refractivity contribution is -0.119. The van der Waals surface area contributed by atoms with Crippen molar-refractivity contribution in [2.75, 3.05) is 5.75 Å². The van der Waals surface area contributed by atoms with Crippen LogP contribution in [0, 0.1) is 0 Å². The quantitative estimate of drug-likeness (QED) is 0.312. The Hall–Kier alpha value is -3.04. The molecular weight excluding hydrogens is 400 g/mol. The van der Waals surface area contributed by atoms with Gasteiger partial charge in [-0.05, 0) is 36.4 Å². The Bertz CT molecular complexity index is 969. The number of aromatic nitrogens is 4. The first-order valence-electron chi connectivity index (χ1n) is 8.24. The third-order valence-corrected chi connectivity index (χ3v) is 4.84. The van der Waals surface area contributed by atoms with Crippen LogP contribution in [0.4, 0.5) is 0 Å². The monoisotopic (exact) mass is 416 g/mol. The molecule has 2 aromatic heterocycles. The Morgan fingerprint density at radius 3 is 2.68 bits per heavy atom. The highest BCUT2D eigenvalue weighted by atomic mass is 35.5. The predicted octanol–water partition coefficient (Wildman–Crippen LogP) is 2.67. The van der Waals surface area contributed by atoms with Gasteiger partial charge < -0.3 is 4.98 Å². The van der Waals surface area contributed by atoms with Gasteiger partial charge >= 0.3 is 0 Å². The minimum absolute atomic E-state index is 0.0564. The van der Waals surface area contributed by atoms with Gasteiger partial charge in [0.15, 0.2) is 11.0 Å². The molecule has 0 saturated carbocycles. The first-order valence-corrected chi connectivity index (χ1v) is 9.60. The molecule has 3 aromatic rings. The number of carbonyl (C=O) groups excluding carboxylic acids is 2. The van der Waals surface area contributed by atoms with Crippen molar-refractivity contribution in [1.82, 2.24) is 30.6 Å². The van der Waals surface area contributed by atoms with E-state index in [1.165, 1.54) is 11.8 Å². The zero-order chi connectivity index (χ0) is 19.9. The smallest absolute Gasteiger partial charge is 0.286 e. The molecule has 3 N–H and O–H groups in total. The molecule has 10 heteroatoms. The Balaban J connectivity index is 1.62. The van der Waals surface area contributed by atoms with E-state index in [1.807, 2.05) is 16.7 Å². The number of H-pyrrole nitrogens is 1. The fourth-order valence-corrected chi connectivity index (χ4v) is 3.21. The van der Waals surface area contributed by atoms with Crippen LogP contribution in [0.25, 0.3) is 11.4 Å². The number of thioether (sulfide) groups is 1. The Morgan fingerprint density at radius 1 is 1.21 bits per heavy atom. The van der Waals surface area contributed by atoms with Gasteiger partial charge in [-0.1, -0.05) is 29.4 Å². The van der Waals surface area contributed by atoms with Gasteiger partial charge in [0.1, 0.15) is 5.69 Å². The van der Waals surface area contributed by atoms with Gasteiger partial charge in [-0.3, -0.25) is 25.0 Å². The maximum Gasteiger partial charge on any atom is 0.286 e. The fourth-order valence-electron chi connectivity index (χ4n) is 2.33. The zero-order valence-electron chi connectivity index (χ0n) is 14.7. The van der Waals surface area contributed by atoms with Crippen LogP contribution < -0.4 is 10.9 Å². The molecule has 0 radical (unpaired) electrons. The van der Waals surface area contributed by atoms with Crippen LogP contribution in [0.1, 0.15) is 10.5 Å². The summed E-state index contributed by atoms with van der Waals surface area (Å²) in [5.41, 5.74) is 5.92. The van der Waals surface area contributed by atoms with E-state index in [-0.39, 0.29) is 11.7 Å². The molecule has 8 nitrogen and oxygen atoms in total. The fraction of sp³-hybridized carbons (Fsp3) is 0.111. The van der Waals surface area contributed by atoms with Crippen molar-refractivity contribution in [2.24, 2.45) is 0 Å². The van der Waals surface area contributed by atoms with E-state index in [0.29, 0.717) is 28.2 Å². The van der Waals surface area contributed by atoms with E-state index in [0.717, 1.165) is 5.56 Å². The van der Waals surface area contributed by atoms with Crippen LogP contribution in [0.3, 0.4) is 0 Å². The van der Waals surface area contributed by atoms with Crippen LogP contribution >= 0.6 is 23.4 Å². The maximum absolute atomic E-state index is 12.0. The van der Waals surface area contributed by atoms with E-state index >= 15 is 0 Å². The minimum Gasteiger partial charge on any atom is -0.357 e. The lowest BCUT2D eigenvalue weighted by atomic mass is 10.2. The number of carbonyl (C=O) groups is 2. The molecule has 0 aliphatic carbocycles. The predicted molar refractivity (Wildman–Crippen MR) is 108 cm³/mol. The molecule has 144 valence electrons. The van der Waals surface area contributed by atoms with Gasteiger partial charge in [0, 0.05) is 23.3 Å². The number of allylic oxidation sites excluding steroid dienone is 1. The van der Waals surface area contributed by atoms with Gasteiger partial charge in [0.2, 0.25) is 5.91 Å². The van der Waals surface area contributed by atoms with E-state index in [4.69, 9.17) is 11.6 Å². The molecule has 0 bridgehead atoms. The number of hydrogen-bond acceptors (Lipinski definition) is 5. The van der Waals surface area contributed by atoms with Gasteiger partial charge in [0.05, 0.1) is 5.75 Å². The molecule has 0 aliphatic heterocycles. The number of halogens is 1. The molecule has 1 aromatic carbocycles. The Morgan fingerprint density at radius 2 is 2.00 bits per heavy atom. The van der Waals surface area contributed by atoms with Gasteiger partial charge in [-0.15, -0.1) is 16.8 Å². The van der Waals surface area contributed by atoms with Crippen molar-refractivity contribution >= 4 is 35.2 Å². The summed E-state index contributed by atoms with van der Waals surface area (Å²) in [5, 5.41) is 9.58. The van der Waals surface area contributed by atoms with Crippen molar-refractivity contribution in [3.63, 3.8) is 0 Å². The number of nitrogens with one attached hydrogen (secondary N) is 3. The van der Waals surface area contributed by atoms with E-state index in [9.17, 15) is 9.59 Å². The summed E-state index contributed by atoms with van der Waals surface area (Å²) < 4.78 is 1.85. The standard InChI is InChI=1S/C18H17ClN6O2S/c1-2-10-25-16(12-5-7-13(19)8-6-12)22-24-18(25)28-11-15(26)21-23-17(27)14-4-3-9-20-14/h2-9,20H,1,10-11H2,(H,21,26)(H,23,27). The number of nitrogens with zero attached hydrogens (tertiary/aromatic N) is 3. The molecule has 0 spiro atoms. The summed E-state index contributed by atoms with van der Waals surface area (Å²) in [6.07, 6.45) is 3.35. The number of rotatable bonds is 7. The van der Waals surface area contributed by atoms with Crippen LogP contribution in [0.15, 0.2) is 60.4 Å². The summed E-state index contributed by atoms with van der Waals surface area (Å²) in [7, 11) is 0. The van der Waals surface area contributed by atoms with Crippen LogP contribution in [0.2, 0.25) is 5.02 Å². The first kappa shape index (κ1) is 19.7. The SMILES string of the molecule is C=CCn1c(SCC(=O)NNC(=O)c2ccc[nH]2)nnc1-c1ccc(Cl)cc1. The third kappa shape index (κ3) is 4.81. The number of hydrogen-bond donors (Lipinski definition) is 3. The van der Waals surface area contributed by atoms with Gasteiger partial charge in [0.25, 0.3) is 5.91 Å². The number of amides is 2. The molecule has 2 heterocycles. The lowest BCUT2D eigenvalue weighted by Gasteiger charge is -2.08. The summed E-state index contributed by atoms with van der Waals surface area (Å²) >= 11 is 7.14. The highest BCUT2D eigenvalue weighted by Crippen LogP contribution is 2.25. The van der Waals surface area contributed by atoms with Gasteiger partial charge in [-0.2, -0.15) is 0 Å². The molecule has 0 aliphatic rings. The molecule has 0 fully saturated rings. The van der Waals surface area contributed by atoms with Crippen LogP contribution in [-0.4, -0.2) is 37.3 Å². The maximum atomic E-state index is 12.0. The zero-order valence-corrected chi connectivity index (χ0v) is 16.3. The summed E-state index contributed by atoms with van der Waals surface area (Å²) in [5.74, 6) is -0.0882. The first-order chi connectivity index (χ1) is 13.6. The Labute approximate surface area is 170 Å². The molecular formula is C18H17ClN6O2S. The van der Waals surface area contributed by atoms with Crippen molar-refractivity contribution in [1.29, 1.82) is 0 Å². The second-order valence-electron chi connectivity index (χ2n) is 5.59. The van der Waals surface area contributed by atoms with E-state index < -0.39 is 5.91 Å². The largest absolute Gasteiger partial charge is 0.357 e. The van der Waals surface area contributed by atoms with E-state index in [2.05, 4.69) is 32.6 Å². The Kier molecular flexibility index (Phi) is 6.51. The molecule has 0 unspecified atom stereocenters. The highest BCUT2D eigenvalue weighted by Gasteiger charge is 2.15. The molecule has 0 atom stereocenters. The number of benzene rings is 1. The molecule has 28 heavy (non-hydrogen) atoms. The number of aromatic amines is 1. The molecule has 3 rings (SSSR count). The second-order valence-corrected chi connectivity index (χ2v) is 6.97. The topological polar surface area (TPSA) is 105 Å². The number of hydrazine groups is 1. The minimum atomic E-state index is -0.428. The highest BCUT2D eigenvalue weighted by molar-refractivity contribution is 7.99.